The second kappa shape index (κ2) is 10.3. The van der Waals surface area contributed by atoms with Crippen LogP contribution in [-0.4, -0.2) is 63.8 Å². The summed E-state index contributed by atoms with van der Waals surface area (Å²) in [4.78, 5) is 15.7. The third-order valence-electron chi connectivity index (χ3n) is 5.47. The third-order valence-corrected chi connectivity index (χ3v) is 5.47. The molecule has 1 fully saturated rings. The van der Waals surface area contributed by atoms with Gasteiger partial charge < -0.3 is 14.6 Å². The predicted octanol–water partition coefficient (Wildman–Crippen LogP) is 2.98. The van der Waals surface area contributed by atoms with E-state index in [0.717, 1.165) is 37.6 Å². The van der Waals surface area contributed by atoms with Crippen molar-refractivity contribution in [2.24, 2.45) is 13.0 Å². The quantitative estimate of drug-likeness (QED) is 0.685. The number of hydrogen-bond donors (Lipinski definition) is 1. The summed E-state index contributed by atoms with van der Waals surface area (Å²) < 4.78 is 45.3. The van der Waals surface area contributed by atoms with Gasteiger partial charge in [0.2, 0.25) is 5.88 Å². The fourth-order valence-electron chi connectivity index (χ4n) is 3.66. The van der Waals surface area contributed by atoms with Crippen molar-refractivity contribution in [3.63, 3.8) is 0 Å². The second-order valence-electron chi connectivity index (χ2n) is 7.87. The zero-order valence-electron chi connectivity index (χ0n) is 18.0. The lowest BCUT2D eigenvalue weighted by molar-refractivity contribution is -0.192. The molecule has 1 atom stereocenters. The molecule has 0 aromatic carbocycles. The van der Waals surface area contributed by atoms with Gasteiger partial charge in [0.05, 0.1) is 31.6 Å². The minimum Gasteiger partial charge on any atom is -0.481 e. The van der Waals surface area contributed by atoms with Crippen LogP contribution in [0.1, 0.15) is 35.7 Å². The normalized spacial score (nSPS) is 18.5. The van der Waals surface area contributed by atoms with Crippen molar-refractivity contribution in [1.29, 1.82) is 0 Å². The van der Waals surface area contributed by atoms with E-state index in [1.807, 2.05) is 24.0 Å². The van der Waals surface area contributed by atoms with Crippen LogP contribution >= 0.6 is 0 Å². The molecule has 2 aromatic heterocycles. The Kier molecular flexibility index (Phi) is 7.73. The van der Waals surface area contributed by atoms with E-state index in [9.17, 15) is 13.2 Å². The summed E-state index contributed by atoms with van der Waals surface area (Å²) in [5, 5.41) is 11.6. The number of hydrogen-bond acceptors (Lipinski definition) is 6. The van der Waals surface area contributed by atoms with Gasteiger partial charge in [-0.2, -0.15) is 18.3 Å². The number of alkyl halides is 3. The standard InChI is InChI=1S/C19H26N4O2.C2HF3O2/c1-22-18-15(10-21-22)7-9-23(17(18)13-25-12-14-5-6-14)11-16-4-3-8-20-19(16)24-2;3-2(4,5)1(6)7/h3-4,8,10,14,17H,5-7,9,11-13H2,1-2H3;(H,6,7). The molecule has 1 unspecified atom stereocenters. The number of rotatable bonds is 7. The second-order valence-corrected chi connectivity index (χ2v) is 7.87. The Balaban J connectivity index is 0.000000360. The number of methoxy groups -OCH3 is 1. The fourth-order valence-corrected chi connectivity index (χ4v) is 3.66. The molecule has 1 saturated carbocycles. The number of aromatic nitrogens is 3. The number of ether oxygens (including phenoxy) is 2. The molecule has 1 aliphatic carbocycles. The molecular weight excluding hydrogens is 429 g/mol. The fraction of sp³-hybridized carbons (Fsp3) is 0.571. The van der Waals surface area contributed by atoms with Crippen molar-refractivity contribution in [1.82, 2.24) is 19.7 Å². The first-order chi connectivity index (χ1) is 15.2. The van der Waals surface area contributed by atoms with Crippen LogP contribution in [0.5, 0.6) is 5.88 Å². The van der Waals surface area contributed by atoms with E-state index in [0.29, 0.717) is 12.5 Å². The minimum atomic E-state index is -5.08. The van der Waals surface area contributed by atoms with E-state index in [2.05, 4.69) is 21.0 Å². The van der Waals surface area contributed by atoms with Gasteiger partial charge in [0, 0.05) is 38.5 Å². The Hall–Kier alpha value is -2.66. The van der Waals surface area contributed by atoms with Crippen LogP contribution < -0.4 is 4.74 Å². The summed E-state index contributed by atoms with van der Waals surface area (Å²) in [5.74, 6) is -1.27. The third kappa shape index (κ3) is 6.19. The van der Waals surface area contributed by atoms with Crippen LogP contribution in [0.25, 0.3) is 0 Å². The highest BCUT2D eigenvalue weighted by Crippen LogP contribution is 2.33. The molecule has 0 radical (unpaired) electrons. The highest BCUT2D eigenvalue weighted by atomic mass is 19.4. The van der Waals surface area contributed by atoms with Gasteiger partial charge >= 0.3 is 12.1 Å². The molecule has 1 N–H and O–H groups in total. The smallest absolute Gasteiger partial charge is 0.481 e. The van der Waals surface area contributed by atoms with Crippen LogP contribution in [0.15, 0.2) is 24.5 Å². The van der Waals surface area contributed by atoms with E-state index >= 15 is 0 Å². The number of fused-ring (bicyclic) bond motifs is 1. The van der Waals surface area contributed by atoms with Gasteiger partial charge in [-0.05, 0) is 36.8 Å². The van der Waals surface area contributed by atoms with Crippen LogP contribution in [0.2, 0.25) is 0 Å². The van der Waals surface area contributed by atoms with E-state index in [1.165, 1.54) is 24.1 Å². The molecule has 0 spiro atoms. The Morgan fingerprint density at radius 3 is 2.66 bits per heavy atom. The number of nitrogens with zero attached hydrogens (tertiary/aromatic N) is 4. The van der Waals surface area contributed by atoms with Crippen molar-refractivity contribution in [2.45, 2.75) is 38.0 Å². The molecule has 32 heavy (non-hydrogen) atoms. The molecule has 0 saturated heterocycles. The largest absolute Gasteiger partial charge is 0.490 e. The van der Waals surface area contributed by atoms with Crippen LogP contribution in [0.3, 0.4) is 0 Å². The van der Waals surface area contributed by atoms with E-state index in [-0.39, 0.29) is 6.04 Å². The van der Waals surface area contributed by atoms with Crippen molar-refractivity contribution in [2.75, 3.05) is 26.9 Å². The van der Waals surface area contributed by atoms with Gasteiger partial charge in [-0.15, -0.1) is 0 Å². The monoisotopic (exact) mass is 456 g/mol. The van der Waals surface area contributed by atoms with Gasteiger partial charge in [0.25, 0.3) is 0 Å². The van der Waals surface area contributed by atoms with Crippen LogP contribution in [0, 0.1) is 5.92 Å². The molecule has 2 aromatic rings. The summed E-state index contributed by atoms with van der Waals surface area (Å²) in [6.45, 7) is 3.40. The van der Waals surface area contributed by atoms with Crippen molar-refractivity contribution >= 4 is 5.97 Å². The Morgan fingerprint density at radius 2 is 2.03 bits per heavy atom. The van der Waals surface area contributed by atoms with Crippen LogP contribution in [-0.2, 0) is 29.5 Å². The summed E-state index contributed by atoms with van der Waals surface area (Å²) in [5.41, 5.74) is 3.74. The molecule has 3 heterocycles. The number of carboxylic acid groups (broad SMARTS) is 1. The lowest BCUT2D eigenvalue weighted by Crippen LogP contribution is -2.38. The maximum Gasteiger partial charge on any atom is 0.490 e. The minimum absolute atomic E-state index is 0.222. The highest BCUT2D eigenvalue weighted by molar-refractivity contribution is 5.73. The van der Waals surface area contributed by atoms with Gasteiger partial charge in [-0.25, -0.2) is 9.78 Å². The highest BCUT2D eigenvalue weighted by Gasteiger charge is 2.38. The van der Waals surface area contributed by atoms with Gasteiger partial charge in [-0.3, -0.25) is 9.58 Å². The number of aliphatic carboxylic acids is 1. The lowest BCUT2D eigenvalue weighted by atomic mass is 9.99. The first-order valence-electron chi connectivity index (χ1n) is 10.3. The molecule has 8 nitrogen and oxygen atoms in total. The molecule has 2 aliphatic rings. The average molecular weight is 456 g/mol. The van der Waals surface area contributed by atoms with Crippen LogP contribution in [0.4, 0.5) is 13.2 Å². The summed E-state index contributed by atoms with van der Waals surface area (Å²) in [6, 6.07) is 4.28. The first kappa shape index (κ1) is 24.0. The molecular formula is C21H27F3N4O4. The SMILES string of the molecule is COc1ncccc1CN1CCc2cnn(C)c2C1COCC1CC1.O=C(O)C(F)(F)F. The predicted molar refractivity (Wildman–Crippen MR) is 108 cm³/mol. The Labute approximate surface area is 183 Å². The van der Waals surface area contributed by atoms with E-state index < -0.39 is 12.1 Å². The number of halogens is 3. The molecule has 176 valence electrons. The Bertz CT molecular complexity index is 915. The topological polar surface area (TPSA) is 89.7 Å². The number of aryl methyl sites for hydroxylation is 1. The Morgan fingerprint density at radius 1 is 1.31 bits per heavy atom. The van der Waals surface area contributed by atoms with Crippen molar-refractivity contribution in [3.8, 4) is 5.88 Å². The van der Waals surface area contributed by atoms with Gasteiger partial charge in [-0.1, -0.05) is 6.07 Å². The molecule has 4 rings (SSSR count). The summed E-state index contributed by atoms with van der Waals surface area (Å²) in [6.07, 6.45) is 2.35. The molecule has 0 bridgehead atoms. The molecule has 11 heteroatoms. The lowest BCUT2D eigenvalue weighted by Gasteiger charge is -2.36. The molecule has 0 amide bonds. The van der Waals surface area contributed by atoms with Gasteiger partial charge in [0.1, 0.15) is 0 Å². The molecule has 1 aliphatic heterocycles. The van der Waals surface area contributed by atoms with Crippen molar-refractivity contribution < 1.29 is 32.5 Å². The zero-order valence-corrected chi connectivity index (χ0v) is 18.0. The maximum atomic E-state index is 10.6. The number of carboxylic acids is 1. The van der Waals surface area contributed by atoms with Gasteiger partial charge in [0.15, 0.2) is 0 Å². The summed E-state index contributed by atoms with van der Waals surface area (Å²) in [7, 11) is 3.71. The first-order valence-corrected chi connectivity index (χ1v) is 10.3. The van der Waals surface area contributed by atoms with Crippen molar-refractivity contribution in [3.05, 3.63) is 41.3 Å². The number of pyridine rings is 1. The maximum absolute atomic E-state index is 10.6. The average Bonchev–Trinajstić information content (AvgIpc) is 3.50. The van der Waals surface area contributed by atoms with E-state index in [1.54, 1.807) is 13.3 Å². The zero-order chi connectivity index (χ0) is 23.3. The summed E-state index contributed by atoms with van der Waals surface area (Å²) >= 11 is 0. The van der Waals surface area contributed by atoms with E-state index in [4.69, 9.17) is 19.4 Å². The number of carbonyl (C=O) groups is 1.